The molecule has 4 nitrogen and oxygen atoms in total. The Hall–Kier alpha value is -1.06. The first-order valence-electron chi connectivity index (χ1n) is 6.79. The molecule has 0 radical (unpaired) electrons. The summed E-state index contributed by atoms with van der Waals surface area (Å²) in [6, 6.07) is 0. The van der Waals surface area contributed by atoms with Gasteiger partial charge in [0, 0.05) is 25.9 Å². The molecule has 0 rings (SSSR count). The van der Waals surface area contributed by atoms with Gasteiger partial charge in [-0.3, -0.25) is 4.79 Å². The van der Waals surface area contributed by atoms with E-state index in [-0.39, 0.29) is 11.9 Å². The van der Waals surface area contributed by atoms with Gasteiger partial charge in [-0.2, -0.15) is 0 Å². The number of hydrogen-bond acceptors (Lipinski definition) is 3. The largest absolute Gasteiger partial charge is 0.444 e. The van der Waals surface area contributed by atoms with Crippen molar-refractivity contribution >= 4 is 11.9 Å². The zero-order valence-corrected chi connectivity index (χ0v) is 12.4. The molecule has 0 saturated heterocycles. The van der Waals surface area contributed by atoms with E-state index >= 15 is 0 Å². The molecule has 0 spiro atoms. The van der Waals surface area contributed by atoms with Gasteiger partial charge < -0.3 is 9.64 Å². The average Bonchev–Trinajstić information content (AvgIpc) is 2.26. The second-order valence-electron chi connectivity index (χ2n) is 5.46. The maximum absolute atomic E-state index is 12.0. The third kappa shape index (κ3) is 8.09. The van der Waals surface area contributed by atoms with Gasteiger partial charge in [-0.15, -0.1) is 0 Å². The Labute approximate surface area is 111 Å². The molecule has 0 bridgehead atoms. The van der Waals surface area contributed by atoms with Crippen molar-refractivity contribution in [2.45, 2.75) is 65.9 Å². The van der Waals surface area contributed by atoms with E-state index in [0.29, 0.717) is 25.9 Å². The number of carbonyl (C=O) groups is 2. The standard InChI is InChI=1S/C14H27NO3/c1-6-8-10-15(11-9-12(16)7-2)13(17)18-14(3,4)5/h6-11H2,1-5H3. The molecule has 0 aromatic heterocycles. The zero-order valence-electron chi connectivity index (χ0n) is 12.4. The summed E-state index contributed by atoms with van der Waals surface area (Å²) in [5.74, 6) is 0.181. The van der Waals surface area contributed by atoms with Gasteiger partial charge in [0.15, 0.2) is 0 Å². The van der Waals surface area contributed by atoms with E-state index in [0.717, 1.165) is 12.8 Å². The van der Waals surface area contributed by atoms with Crippen LogP contribution in [-0.2, 0) is 9.53 Å². The van der Waals surface area contributed by atoms with E-state index in [9.17, 15) is 9.59 Å². The van der Waals surface area contributed by atoms with Crippen LogP contribution in [0.25, 0.3) is 0 Å². The van der Waals surface area contributed by atoms with Gasteiger partial charge in [0.1, 0.15) is 11.4 Å². The molecule has 1 amide bonds. The first-order valence-corrected chi connectivity index (χ1v) is 6.79. The summed E-state index contributed by atoms with van der Waals surface area (Å²) in [5.41, 5.74) is -0.490. The van der Waals surface area contributed by atoms with Gasteiger partial charge in [0.25, 0.3) is 0 Å². The molecule has 4 heteroatoms. The minimum Gasteiger partial charge on any atom is -0.444 e. The van der Waals surface area contributed by atoms with Crippen molar-refractivity contribution in [1.82, 2.24) is 4.90 Å². The fraction of sp³-hybridized carbons (Fsp3) is 0.857. The van der Waals surface area contributed by atoms with E-state index in [2.05, 4.69) is 6.92 Å². The highest BCUT2D eigenvalue weighted by Gasteiger charge is 2.21. The summed E-state index contributed by atoms with van der Waals surface area (Å²) in [6.45, 7) is 10.6. The van der Waals surface area contributed by atoms with Crippen LogP contribution in [0, 0.1) is 0 Å². The van der Waals surface area contributed by atoms with Crippen LogP contribution < -0.4 is 0 Å². The summed E-state index contributed by atoms with van der Waals surface area (Å²) in [7, 11) is 0. The summed E-state index contributed by atoms with van der Waals surface area (Å²) in [4.78, 5) is 24.9. The smallest absolute Gasteiger partial charge is 0.410 e. The molecule has 0 aliphatic rings. The Kier molecular flexibility index (Phi) is 7.64. The van der Waals surface area contributed by atoms with Gasteiger partial charge >= 0.3 is 6.09 Å². The highest BCUT2D eigenvalue weighted by atomic mass is 16.6. The SMILES string of the molecule is CCCCN(CCC(=O)CC)C(=O)OC(C)(C)C. The molecule has 18 heavy (non-hydrogen) atoms. The number of rotatable bonds is 7. The number of amides is 1. The Bertz CT molecular complexity index is 269. The molecule has 0 aromatic rings. The molecule has 0 heterocycles. The van der Waals surface area contributed by atoms with Crippen molar-refractivity contribution in [2.75, 3.05) is 13.1 Å². The second kappa shape index (κ2) is 8.11. The van der Waals surface area contributed by atoms with E-state index in [4.69, 9.17) is 4.74 Å². The molecule has 0 fully saturated rings. The topological polar surface area (TPSA) is 46.6 Å². The maximum atomic E-state index is 12.0. The highest BCUT2D eigenvalue weighted by molar-refractivity contribution is 5.78. The lowest BCUT2D eigenvalue weighted by molar-refractivity contribution is -0.119. The van der Waals surface area contributed by atoms with Gasteiger partial charge in [-0.05, 0) is 27.2 Å². The first-order chi connectivity index (χ1) is 8.30. The zero-order chi connectivity index (χ0) is 14.2. The summed E-state index contributed by atoms with van der Waals surface area (Å²) in [5, 5.41) is 0. The van der Waals surface area contributed by atoms with Crippen molar-refractivity contribution in [3.8, 4) is 0 Å². The van der Waals surface area contributed by atoms with Crippen molar-refractivity contribution in [3.63, 3.8) is 0 Å². The molecule has 106 valence electrons. The van der Waals surface area contributed by atoms with Gasteiger partial charge in [-0.25, -0.2) is 4.79 Å². The quantitative estimate of drug-likeness (QED) is 0.702. The van der Waals surface area contributed by atoms with Crippen LogP contribution in [0.4, 0.5) is 4.79 Å². The molecule has 0 unspecified atom stereocenters. The third-order valence-corrected chi connectivity index (χ3v) is 2.49. The molecule has 0 aliphatic carbocycles. The number of unbranched alkanes of at least 4 members (excludes halogenated alkanes) is 1. The number of Topliss-reactive ketones (excluding diaryl/α,β-unsaturated/α-hetero) is 1. The number of carbonyl (C=O) groups excluding carboxylic acids is 2. The van der Waals surface area contributed by atoms with Crippen molar-refractivity contribution in [1.29, 1.82) is 0 Å². The van der Waals surface area contributed by atoms with Crippen LogP contribution >= 0.6 is 0 Å². The van der Waals surface area contributed by atoms with Gasteiger partial charge in [-0.1, -0.05) is 20.3 Å². The van der Waals surface area contributed by atoms with Crippen LogP contribution in [-0.4, -0.2) is 35.5 Å². The molecule has 0 N–H and O–H groups in total. The third-order valence-electron chi connectivity index (χ3n) is 2.49. The molecule has 0 aliphatic heterocycles. The summed E-state index contributed by atoms with van der Waals surface area (Å²) >= 11 is 0. The van der Waals surface area contributed by atoms with Crippen LogP contribution in [0.5, 0.6) is 0 Å². The highest BCUT2D eigenvalue weighted by Crippen LogP contribution is 2.11. The predicted molar refractivity (Wildman–Crippen MR) is 72.6 cm³/mol. The minimum absolute atomic E-state index is 0.181. The van der Waals surface area contributed by atoms with Crippen molar-refractivity contribution in [2.24, 2.45) is 0 Å². The Morgan fingerprint density at radius 3 is 2.17 bits per heavy atom. The normalized spacial score (nSPS) is 11.2. The van der Waals surface area contributed by atoms with E-state index in [1.54, 1.807) is 4.90 Å². The van der Waals surface area contributed by atoms with Gasteiger partial charge in [0.05, 0.1) is 0 Å². The molecular weight excluding hydrogens is 230 g/mol. The molecular formula is C14H27NO3. The van der Waals surface area contributed by atoms with E-state index < -0.39 is 5.60 Å². The Morgan fingerprint density at radius 1 is 1.11 bits per heavy atom. The first kappa shape index (κ1) is 16.9. The number of ketones is 1. The Balaban J connectivity index is 4.37. The molecule has 0 aromatic carbocycles. The lowest BCUT2D eigenvalue weighted by Gasteiger charge is -2.27. The molecule has 0 atom stereocenters. The van der Waals surface area contributed by atoms with Crippen molar-refractivity contribution in [3.05, 3.63) is 0 Å². The van der Waals surface area contributed by atoms with E-state index in [1.807, 2.05) is 27.7 Å². The predicted octanol–water partition coefficient (Wildman–Crippen LogP) is 3.39. The van der Waals surface area contributed by atoms with Gasteiger partial charge in [0.2, 0.25) is 0 Å². The fourth-order valence-electron chi connectivity index (χ4n) is 1.41. The lowest BCUT2D eigenvalue weighted by atomic mass is 10.2. The Morgan fingerprint density at radius 2 is 1.72 bits per heavy atom. The summed E-state index contributed by atoms with van der Waals surface area (Å²) < 4.78 is 5.34. The van der Waals surface area contributed by atoms with Crippen LogP contribution in [0.15, 0.2) is 0 Å². The van der Waals surface area contributed by atoms with Crippen molar-refractivity contribution < 1.29 is 14.3 Å². The fourth-order valence-corrected chi connectivity index (χ4v) is 1.41. The van der Waals surface area contributed by atoms with Crippen LogP contribution in [0.1, 0.15) is 60.3 Å². The summed E-state index contributed by atoms with van der Waals surface area (Å²) in [6.07, 6.45) is 2.57. The number of hydrogen-bond donors (Lipinski definition) is 0. The second-order valence-corrected chi connectivity index (χ2v) is 5.46. The van der Waals surface area contributed by atoms with Crippen LogP contribution in [0.2, 0.25) is 0 Å². The number of nitrogens with zero attached hydrogens (tertiary/aromatic N) is 1. The maximum Gasteiger partial charge on any atom is 0.410 e. The van der Waals surface area contributed by atoms with Crippen LogP contribution in [0.3, 0.4) is 0 Å². The molecule has 0 saturated carbocycles. The lowest BCUT2D eigenvalue weighted by Crippen LogP contribution is -2.38. The minimum atomic E-state index is -0.490. The average molecular weight is 257 g/mol. The number of ether oxygens (including phenoxy) is 1. The van der Waals surface area contributed by atoms with E-state index in [1.165, 1.54) is 0 Å². The monoisotopic (exact) mass is 257 g/mol.